The van der Waals surface area contributed by atoms with E-state index in [2.05, 4.69) is 19.2 Å². The molecule has 0 aromatic heterocycles. The minimum Gasteiger partial charge on any atom is -0.480 e. The van der Waals surface area contributed by atoms with Crippen LogP contribution in [-0.4, -0.2) is 65.6 Å². The van der Waals surface area contributed by atoms with Crippen LogP contribution in [-0.2, 0) is 9.53 Å². The average molecular weight is 288 g/mol. The first-order chi connectivity index (χ1) is 9.41. The van der Waals surface area contributed by atoms with Crippen LogP contribution in [0.5, 0.6) is 0 Å². The van der Waals surface area contributed by atoms with E-state index in [1.807, 2.05) is 0 Å². The van der Waals surface area contributed by atoms with Gasteiger partial charge in [0.05, 0.1) is 6.10 Å². The third-order valence-electron chi connectivity index (χ3n) is 3.02. The first-order valence-electron chi connectivity index (χ1n) is 6.95. The summed E-state index contributed by atoms with van der Waals surface area (Å²) < 4.78 is 5.38. The number of aliphatic carboxylic acids is 1. The van der Waals surface area contributed by atoms with Gasteiger partial charge in [0, 0.05) is 32.7 Å². The van der Waals surface area contributed by atoms with Crippen LogP contribution in [0.3, 0.4) is 0 Å². The van der Waals surface area contributed by atoms with Gasteiger partial charge in [0.1, 0.15) is 6.04 Å². The summed E-state index contributed by atoms with van der Waals surface area (Å²) in [6, 6.07) is -1.39. The summed E-state index contributed by atoms with van der Waals surface area (Å²) in [4.78, 5) is 24.0. The average Bonchev–Trinajstić information content (AvgIpc) is 2.75. The fourth-order valence-electron chi connectivity index (χ4n) is 2.06. The van der Waals surface area contributed by atoms with Gasteiger partial charge in [-0.25, -0.2) is 9.59 Å². The Bertz CT molecular complexity index is 335. The number of aliphatic hydroxyl groups excluding tert-OH is 1. The van der Waals surface area contributed by atoms with E-state index in [-0.39, 0.29) is 13.0 Å². The van der Waals surface area contributed by atoms with Gasteiger partial charge in [-0.2, -0.15) is 0 Å². The summed E-state index contributed by atoms with van der Waals surface area (Å²) in [7, 11) is 0. The maximum Gasteiger partial charge on any atom is 0.326 e. The molecular formula is C13H24N2O5. The van der Waals surface area contributed by atoms with Gasteiger partial charge < -0.3 is 25.2 Å². The molecule has 7 nitrogen and oxygen atoms in total. The van der Waals surface area contributed by atoms with Crippen molar-refractivity contribution in [3.05, 3.63) is 0 Å². The zero-order valence-corrected chi connectivity index (χ0v) is 12.0. The number of carboxylic acid groups (broad SMARTS) is 1. The van der Waals surface area contributed by atoms with Crippen molar-refractivity contribution in [3.8, 4) is 0 Å². The van der Waals surface area contributed by atoms with Crippen molar-refractivity contribution in [1.82, 2.24) is 10.2 Å². The molecule has 0 aliphatic carbocycles. The van der Waals surface area contributed by atoms with Gasteiger partial charge in [0.15, 0.2) is 0 Å². The van der Waals surface area contributed by atoms with E-state index in [1.54, 1.807) is 0 Å². The number of carbonyl (C=O) groups is 2. The standard InChI is InChI=1S/C13H24N2O5/c1-9(2)8-20-5-3-4-14-13(19)15-7-10(16)6-11(15)12(17)18/h9-11,16H,3-8H2,1-2H3,(H,14,19)(H,17,18)/t10-,11-/m1/s1. The molecule has 0 aromatic rings. The Morgan fingerprint density at radius 1 is 1.45 bits per heavy atom. The summed E-state index contributed by atoms with van der Waals surface area (Å²) in [6.45, 7) is 5.86. The van der Waals surface area contributed by atoms with Gasteiger partial charge in [0.25, 0.3) is 0 Å². The highest BCUT2D eigenvalue weighted by Crippen LogP contribution is 2.17. The highest BCUT2D eigenvalue weighted by molar-refractivity contribution is 5.83. The molecule has 3 N–H and O–H groups in total. The molecule has 0 spiro atoms. The van der Waals surface area contributed by atoms with Crippen molar-refractivity contribution >= 4 is 12.0 Å². The summed E-state index contributed by atoms with van der Waals surface area (Å²) in [5, 5.41) is 21.1. The predicted molar refractivity (Wildman–Crippen MR) is 72.4 cm³/mol. The molecule has 7 heteroatoms. The van der Waals surface area contributed by atoms with Crippen LogP contribution in [0.2, 0.25) is 0 Å². The lowest BCUT2D eigenvalue weighted by atomic mass is 10.2. The Morgan fingerprint density at radius 2 is 2.15 bits per heavy atom. The number of nitrogens with zero attached hydrogens (tertiary/aromatic N) is 1. The van der Waals surface area contributed by atoms with Gasteiger partial charge in [-0.3, -0.25) is 0 Å². The highest BCUT2D eigenvalue weighted by atomic mass is 16.5. The van der Waals surface area contributed by atoms with E-state index in [1.165, 1.54) is 4.90 Å². The van der Waals surface area contributed by atoms with Crippen molar-refractivity contribution in [3.63, 3.8) is 0 Å². The predicted octanol–water partition coefficient (Wildman–Crippen LogP) is 0.279. The van der Waals surface area contributed by atoms with Crippen molar-refractivity contribution in [1.29, 1.82) is 0 Å². The number of aliphatic hydroxyl groups is 1. The van der Waals surface area contributed by atoms with E-state index < -0.39 is 24.1 Å². The molecule has 20 heavy (non-hydrogen) atoms. The Kier molecular flexibility index (Phi) is 6.74. The number of nitrogens with one attached hydrogen (secondary N) is 1. The van der Waals surface area contributed by atoms with Crippen molar-refractivity contribution < 1.29 is 24.5 Å². The molecule has 116 valence electrons. The Morgan fingerprint density at radius 3 is 2.75 bits per heavy atom. The fraction of sp³-hybridized carbons (Fsp3) is 0.846. The van der Waals surface area contributed by atoms with E-state index in [0.717, 1.165) is 0 Å². The maximum absolute atomic E-state index is 11.8. The van der Waals surface area contributed by atoms with Gasteiger partial charge in [-0.15, -0.1) is 0 Å². The second-order valence-corrected chi connectivity index (χ2v) is 5.45. The summed E-state index contributed by atoms with van der Waals surface area (Å²) in [6.07, 6.45) is -0.0106. The van der Waals surface area contributed by atoms with Gasteiger partial charge >= 0.3 is 12.0 Å². The first-order valence-corrected chi connectivity index (χ1v) is 6.95. The molecule has 0 bridgehead atoms. The lowest BCUT2D eigenvalue weighted by Crippen LogP contribution is -2.46. The lowest BCUT2D eigenvalue weighted by molar-refractivity contribution is -0.141. The lowest BCUT2D eigenvalue weighted by Gasteiger charge is -2.21. The number of likely N-dealkylation sites (tertiary alicyclic amines) is 1. The molecule has 0 radical (unpaired) electrons. The molecule has 0 aromatic carbocycles. The van der Waals surface area contributed by atoms with E-state index >= 15 is 0 Å². The molecule has 1 aliphatic heterocycles. The maximum atomic E-state index is 11.8. The Labute approximate surface area is 118 Å². The van der Waals surface area contributed by atoms with Gasteiger partial charge in [-0.1, -0.05) is 13.8 Å². The topological polar surface area (TPSA) is 99.1 Å². The van der Waals surface area contributed by atoms with Crippen molar-refractivity contribution in [2.45, 2.75) is 38.8 Å². The van der Waals surface area contributed by atoms with Crippen molar-refractivity contribution in [2.24, 2.45) is 5.92 Å². The third-order valence-corrected chi connectivity index (χ3v) is 3.02. The third kappa shape index (κ3) is 5.34. The number of urea groups is 1. The molecule has 1 rings (SSSR count). The van der Waals surface area contributed by atoms with E-state index in [4.69, 9.17) is 9.84 Å². The van der Waals surface area contributed by atoms with Crippen molar-refractivity contribution in [2.75, 3.05) is 26.3 Å². The number of β-amino-alcohol motifs (C(OH)–C–C–N with tert-alkyl or cyclic N) is 1. The normalized spacial score (nSPS) is 22.3. The highest BCUT2D eigenvalue weighted by Gasteiger charge is 2.38. The molecule has 1 saturated heterocycles. The smallest absolute Gasteiger partial charge is 0.326 e. The number of carboxylic acids is 1. The van der Waals surface area contributed by atoms with Gasteiger partial charge in [-0.05, 0) is 12.3 Å². The minimum atomic E-state index is -1.09. The van der Waals surface area contributed by atoms with Crippen LogP contribution in [0, 0.1) is 5.92 Å². The quantitative estimate of drug-likeness (QED) is 0.584. The number of hydrogen-bond acceptors (Lipinski definition) is 4. The van der Waals surface area contributed by atoms with Crippen LogP contribution in [0.15, 0.2) is 0 Å². The molecule has 1 aliphatic rings. The number of carbonyl (C=O) groups excluding carboxylic acids is 1. The molecule has 2 atom stereocenters. The van der Waals surface area contributed by atoms with E-state index in [0.29, 0.717) is 32.1 Å². The van der Waals surface area contributed by atoms with Crippen LogP contribution in [0.4, 0.5) is 4.79 Å². The zero-order chi connectivity index (χ0) is 15.1. The second kappa shape index (κ2) is 8.06. The number of hydrogen-bond donors (Lipinski definition) is 3. The minimum absolute atomic E-state index is 0.0622. The monoisotopic (exact) mass is 288 g/mol. The summed E-state index contributed by atoms with van der Waals surface area (Å²) >= 11 is 0. The number of rotatable bonds is 7. The van der Waals surface area contributed by atoms with Crippen LogP contribution >= 0.6 is 0 Å². The summed E-state index contributed by atoms with van der Waals surface area (Å²) in [5.74, 6) is -0.607. The Hall–Kier alpha value is -1.34. The molecular weight excluding hydrogens is 264 g/mol. The molecule has 2 amide bonds. The summed E-state index contributed by atoms with van der Waals surface area (Å²) in [5.41, 5.74) is 0. The Balaban J connectivity index is 2.23. The first kappa shape index (κ1) is 16.7. The SMILES string of the molecule is CC(C)COCCCNC(=O)N1C[C@H](O)C[C@@H]1C(=O)O. The second-order valence-electron chi connectivity index (χ2n) is 5.45. The van der Waals surface area contributed by atoms with E-state index in [9.17, 15) is 14.7 Å². The number of ether oxygens (including phenoxy) is 1. The number of amides is 2. The van der Waals surface area contributed by atoms with Gasteiger partial charge in [0.2, 0.25) is 0 Å². The fourth-order valence-corrected chi connectivity index (χ4v) is 2.06. The zero-order valence-electron chi connectivity index (χ0n) is 12.0. The van der Waals surface area contributed by atoms with Crippen LogP contribution in [0.25, 0.3) is 0 Å². The van der Waals surface area contributed by atoms with Crippen LogP contribution in [0.1, 0.15) is 26.7 Å². The molecule has 1 fully saturated rings. The largest absolute Gasteiger partial charge is 0.480 e. The molecule has 1 heterocycles. The molecule has 0 unspecified atom stereocenters. The van der Waals surface area contributed by atoms with Crippen LogP contribution < -0.4 is 5.32 Å². The molecule has 0 saturated carbocycles.